The van der Waals surface area contributed by atoms with E-state index in [1.807, 2.05) is 0 Å². The zero-order chi connectivity index (χ0) is 20.8. The van der Waals surface area contributed by atoms with E-state index >= 15 is 0 Å². The molecule has 1 heterocycles. The summed E-state index contributed by atoms with van der Waals surface area (Å²) in [5, 5.41) is 3.62. The summed E-state index contributed by atoms with van der Waals surface area (Å²) >= 11 is 3.61. The molecule has 0 radical (unpaired) electrons. The maximum Gasteiger partial charge on any atom is 0.208 e. The minimum absolute atomic E-state index is 0.352. The van der Waals surface area contributed by atoms with E-state index in [2.05, 4.69) is 103 Å². The van der Waals surface area contributed by atoms with Gasteiger partial charge in [0.15, 0.2) is 0 Å². The maximum absolute atomic E-state index is 5.00. The fourth-order valence-corrected chi connectivity index (χ4v) is 5.45. The summed E-state index contributed by atoms with van der Waals surface area (Å²) in [7, 11) is 0. The van der Waals surface area contributed by atoms with E-state index in [1.54, 1.807) is 0 Å². The number of imidazole rings is 1. The Balaban J connectivity index is 1.75. The number of halogens is 1. The highest BCUT2D eigenvalue weighted by Crippen LogP contribution is 2.46. The predicted molar refractivity (Wildman–Crippen MR) is 127 cm³/mol. The van der Waals surface area contributed by atoms with Crippen molar-refractivity contribution < 1.29 is 0 Å². The Labute approximate surface area is 183 Å². The van der Waals surface area contributed by atoms with E-state index in [0.717, 1.165) is 27.5 Å². The second kappa shape index (κ2) is 7.79. The molecule has 1 aliphatic rings. The Morgan fingerprint density at radius 1 is 1.10 bits per heavy atom. The number of anilines is 2. The van der Waals surface area contributed by atoms with Crippen molar-refractivity contribution in [1.29, 1.82) is 0 Å². The Morgan fingerprint density at radius 2 is 1.83 bits per heavy atom. The van der Waals surface area contributed by atoms with Crippen LogP contribution in [0.25, 0.3) is 11.0 Å². The van der Waals surface area contributed by atoms with Gasteiger partial charge in [-0.2, -0.15) is 0 Å². The Kier molecular flexibility index (Phi) is 5.50. The molecule has 154 valence electrons. The molecule has 1 N–H and O–H groups in total. The second-order valence-electron chi connectivity index (χ2n) is 9.91. The molecule has 4 heteroatoms. The van der Waals surface area contributed by atoms with Crippen LogP contribution in [0.15, 0.2) is 46.9 Å². The van der Waals surface area contributed by atoms with E-state index < -0.39 is 0 Å². The lowest BCUT2D eigenvalue weighted by Gasteiger charge is -2.40. The molecular weight excluding hydrogens is 422 g/mol. The van der Waals surface area contributed by atoms with Crippen LogP contribution in [-0.4, -0.2) is 9.55 Å². The van der Waals surface area contributed by atoms with Crippen molar-refractivity contribution in [1.82, 2.24) is 9.55 Å². The minimum atomic E-state index is 0.352. The lowest BCUT2D eigenvalue weighted by atomic mass is 9.70. The molecule has 2 atom stereocenters. The molecule has 0 bridgehead atoms. The van der Waals surface area contributed by atoms with Crippen molar-refractivity contribution in [2.75, 3.05) is 5.32 Å². The molecule has 0 spiro atoms. The molecule has 3 aromatic rings. The quantitative estimate of drug-likeness (QED) is 0.432. The first-order chi connectivity index (χ1) is 13.7. The van der Waals surface area contributed by atoms with Crippen LogP contribution < -0.4 is 5.32 Å². The second-order valence-corrected chi connectivity index (χ2v) is 10.8. The predicted octanol–water partition coefficient (Wildman–Crippen LogP) is 8.05. The summed E-state index contributed by atoms with van der Waals surface area (Å²) in [6.07, 6.45) is 3.67. The highest BCUT2D eigenvalue weighted by atomic mass is 79.9. The number of nitrogens with zero attached hydrogens (tertiary/aromatic N) is 2. The summed E-state index contributed by atoms with van der Waals surface area (Å²) in [5.74, 6) is 2.21. The molecule has 2 unspecified atom stereocenters. The van der Waals surface area contributed by atoms with Crippen molar-refractivity contribution in [3.8, 4) is 0 Å². The summed E-state index contributed by atoms with van der Waals surface area (Å²) in [4.78, 5) is 5.00. The average Bonchev–Trinajstić information content (AvgIpc) is 2.97. The maximum atomic E-state index is 5.00. The van der Waals surface area contributed by atoms with Gasteiger partial charge in [0.2, 0.25) is 5.95 Å². The van der Waals surface area contributed by atoms with Gasteiger partial charge in [-0.15, -0.1) is 0 Å². The molecule has 0 aliphatic heterocycles. The third kappa shape index (κ3) is 4.37. The molecule has 29 heavy (non-hydrogen) atoms. The smallest absolute Gasteiger partial charge is 0.208 e. The largest absolute Gasteiger partial charge is 0.326 e. The van der Waals surface area contributed by atoms with Crippen LogP contribution in [-0.2, 0) is 0 Å². The summed E-state index contributed by atoms with van der Waals surface area (Å²) < 4.78 is 3.52. The first-order valence-corrected chi connectivity index (χ1v) is 11.6. The fourth-order valence-electron chi connectivity index (χ4n) is 5.10. The topological polar surface area (TPSA) is 29.9 Å². The number of hydrogen-bond donors (Lipinski definition) is 1. The van der Waals surface area contributed by atoms with Crippen LogP contribution in [0.4, 0.5) is 11.6 Å². The molecule has 3 nitrogen and oxygen atoms in total. The lowest BCUT2D eigenvalue weighted by molar-refractivity contribution is 0.140. The summed E-state index contributed by atoms with van der Waals surface area (Å²) in [6, 6.07) is 15.7. The van der Waals surface area contributed by atoms with Gasteiger partial charge in [-0.1, -0.05) is 62.7 Å². The monoisotopic (exact) mass is 453 g/mol. The highest BCUT2D eigenvalue weighted by molar-refractivity contribution is 9.10. The van der Waals surface area contributed by atoms with Crippen LogP contribution in [0.2, 0.25) is 0 Å². The first kappa shape index (κ1) is 20.5. The molecule has 0 amide bonds. The SMILES string of the molecule is CC1CC(n2c(Nc3ccc(C(C)C)cc3)nc3cc(Br)ccc32)CC(C)(C)C1. The number of benzene rings is 2. The van der Waals surface area contributed by atoms with Gasteiger partial charge in [0.1, 0.15) is 0 Å². The summed E-state index contributed by atoms with van der Waals surface area (Å²) in [5.41, 5.74) is 5.05. The van der Waals surface area contributed by atoms with Gasteiger partial charge in [-0.3, -0.25) is 0 Å². The molecule has 2 aromatic carbocycles. The third-order valence-electron chi connectivity index (χ3n) is 6.21. The van der Waals surface area contributed by atoms with E-state index in [4.69, 9.17) is 4.98 Å². The molecular formula is C25H32BrN3. The zero-order valence-electron chi connectivity index (χ0n) is 18.2. The van der Waals surface area contributed by atoms with Crippen LogP contribution in [0.3, 0.4) is 0 Å². The van der Waals surface area contributed by atoms with Crippen molar-refractivity contribution >= 4 is 38.6 Å². The number of hydrogen-bond acceptors (Lipinski definition) is 2. The van der Waals surface area contributed by atoms with Crippen LogP contribution in [0.5, 0.6) is 0 Å². The molecule has 1 saturated carbocycles. The molecule has 4 rings (SSSR count). The third-order valence-corrected chi connectivity index (χ3v) is 6.71. The number of aromatic nitrogens is 2. The fraction of sp³-hybridized carbons (Fsp3) is 0.480. The van der Waals surface area contributed by atoms with Crippen LogP contribution in [0, 0.1) is 11.3 Å². The average molecular weight is 454 g/mol. The van der Waals surface area contributed by atoms with Crippen molar-refractivity contribution in [2.24, 2.45) is 11.3 Å². The zero-order valence-corrected chi connectivity index (χ0v) is 19.8. The van der Waals surface area contributed by atoms with Gasteiger partial charge in [0.05, 0.1) is 11.0 Å². The Bertz CT molecular complexity index is 1000. The van der Waals surface area contributed by atoms with Crippen LogP contribution >= 0.6 is 15.9 Å². The van der Waals surface area contributed by atoms with Gasteiger partial charge < -0.3 is 9.88 Å². The number of nitrogens with one attached hydrogen (secondary N) is 1. The lowest BCUT2D eigenvalue weighted by Crippen LogP contribution is -2.29. The minimum Gasteiger partial charge on any atom is -0.326 e. The highest BCUT2D eigenvalue weighted by Gasteiger charge is 2.34. The molecule has 0 saturated heterocycles. The number of rotatable bonds is 4. The van der Waals surface area contributed by atoms with Crippen molar-refractivity contribution in [3.63, 3.8) is 0 Å². The Morgan fingerprint density at radius 3 is 2.48 bits per heavy atom. The van der Waals surface area contributed by atoms with Gasteiger partial charge in [0, 0.05) is 16.2 Å². The Hall–Kier alpha value is -1.81. The molecule has 1 fully saturated rings. The van der Waals surface area contributed by atoms with Crippen molar-refractivity contribution in [3.05, 3.63) is 52.5 Å². The molecule has 1 aliphatic carbocycles. The normalized spacial score (nSPS) is 21.6. The summed E-state index contributed by atoms with van der Waals surface area (Å²) in [6.45, 7) is 11.7. The number of fused-ring (bicyclic) bond motifs is 1. The van der Waals surface area contributed by atoms with Crippen molar-refractivity contribution in [2.45, 2.75) is 65.8 Å². The van der Waals surface area contributed by atoms with Gasteiger partial charge in [0.25, 0.3) is 0 Å². The van der Waals surface area contributed by atoms with E-state index in [-0.39, 0.29) is 0 Å². The van der Waals surface area contributed by atoms with E-state index in [9.17, 15) is 0 Å². The van der Waals surface area contributed by atoms with Gasteiger partial charge >= 0.3 is 0 Å². The van der Waals surface area contributed by atoms with Gasteiger partial charge in [-0.05, 0) is 72.4 Å². The first-order valence-electron chi connectivity index (χ1n) is 10.8. The van der Waals surface area contributed by atoms with Crippen LogP contribution in [0.1, 0.15) is 71.4 Å². The molecule has 1 aromatic heterocycles. The standard InChI is InChI=1S/C25H32BrN3/c1-16(2)18-6-9-20(10-7-18)27-24-28-22-13-19(26)8-11-23(22)29(24)21-12-17(3)14-25(4,5)15-21/h6-11,13,16-17,21H,12,14-15H2,1-5H3,(H,27,28). The van der Waals surface area contributed by atoms with E-state index in [1.165, 1.54) is 30.3 Å². The van der Waals surface area contributed by atoms with Gasteiger partial charge in [-0.25, -0.2) is 4.98 Å². The van der Waals surface area contributed by atoms with E-state index in [0.29, 0.717) is 17.4 Å².